The molecule has 8 heteroatoms. The zero-order valence-electron chi connectivity index (χ0n) is 22.7. The highest BCUT2D eigenvalue weighted by Crippen LogP contribution is 2.43. The van der Waals surface area contributed by atoms with E-state index in [2.05, 4.69) is 63.4 Å². The van der Waals surface area contributed by atoms with Crippen LogP contribution in [0.4, 0.5) is 4.79 Å². The second-order valence-electron chi connectivity index (χ2n) is 11.7. The number of rotatable bonds is 8. The molecule has 2 aliphatic heterocycles. The number of carbonyl (C=O) groups excluding carboxylic acids is 1. The van der Waals surface area contributed by atoms with Crippen molar-refractivity contribution in [1.29, 1.82) is 0 Å². The summed E-state index contributed by atoms with van der Waals surface area (Å²) in [6.45, 7) is 3.03. The third kappa shape index (κ3) is 5.02. The van der Waals surface area contributed by atoms with Crippen LogP contribution in [0.25, 0.3) is 11.0 Å². The normalized spacial score (nSPS) is 25.0. The van der Waals surface area contributed by atoms with Crippen LogP contribution in [-0.2, 0) is 4.79 Å². The molecule has 2 bridgehead atoms. The number of piperidine rings is 1. The molecule has 2 amide bonds. The first-order valence-electron chi connectivity index (χ1n) is 14.5. The third-order valence-corrected chi connectivity index (χ3v) is 9.42. The molecule has 0 radical (unpaired) electrons. The first kappa shape index (κ1) is 25.9. The Morgan fingerprint density at radius 1 is 1.00 bits per heavy atom. The standard InChI is InChI=1S/C31H39N5O3/c1-21-32-27-11-5-6-12-28(27)36(21)25-19-23-13-14-24(20-25)35(23)18-15-26(22-9-3-2-4-10-22)33-29(37)31(34-30(38)39)16-7-8-17-31/h2-6,9-12,23-26,34H,7-8,13-20H2,1H3,(H,33,37)(H,38,39)/t23-,24+,25-,26-/m0/s1. The fourth-order valence-electron chi connectivity index (χ4n) is 7.62. The van der Waals surface area contributed by atoms with Crippen LogP contribution >= 0.6 is 0 Å². The zero-order chi connectivity index (χ0) is 27.0. The number of carboxylic acid groups (broad SMARTS) is 1. The molecule has 1 saturated carbocycles. The van der Waals surface area contributed by atoms with E-state index < -0.39 is 11.6 Å². The van der Waals surface area contributed by atoms with Crippen LogP contribution in [0.2, 0.25) is 0 Å². The number of nitrogens with one attached hydrogen (secondary N) is 2. The van der Waals surface area contributed by atoms with Crippen LogP contribution < -0.4 is 10.6 Å². The van der Waals surface area contributed by atoms with Gasteiger partial charge >= 0.3 is 6.09 Å². The van der Waals surface area contributed by atoms with Crippen molar-refractivity contribution in [3.8, 4) is 0 Å². The number of benzene rings is 2. The van der Waals surface area contributed by atoms with E-state index in [0.29, 0.717) is 31.0 Å². The third-order valence-electron chi connectivity index (χ3n) is 9.42. The summed E-state index contributed by atoms with van der Waals surface area (Å²) < 4.78 is 2.46. The molecule has 8 nitrogen and oxygen atoms in total. The van der Waals surface area contributed by atoms with Crippen molar-refractivity contribution in [2.75, 3.05) is 6.54 Å². The van der Waals surface area contributed by atoms with Gasteiger partial charge in [-0.3, -0.25) is 9.69 Å². The molecule has 6 rings (SSSR count). The maximum atomic E-state index is 13.5. The molecule has 3 aromatic rings. The Morgan fingerprint density at radius 2 is 1.67 bits per heavy atom. The molecule has 0 unspecified atom stereocenters. The van der Waals surface area contributed by atoms with Gasteiger partial charge in [0.2, 0.25) is 5.91 Å². The Labute approximate surface area is 229 Å². The first-order chi connectivity index (χ1) is 18.9. The number of hydrogen-bond donors (Lipinski definition) is 3. The lowest BCUT2D eigenvalue weighted by molar-refractivity contribution is -0.128. The number of hydrogen-bond acceptors (Lipinski definition) is 4. The van der Waals surface area contributed by atoms with E-state index in [-0.39, 0.29) is 11.9 Å². The fourth-order valence-corrected chi connectivity index (χ4v) is 7.62. The van der Waals surface area contributed by atoms with Crippen LogP contribution in [0.1, 0.15) is 81.3 Å². The van der Waals surface area contributed by atoms with Gasteiger partial charge in [0.05, 0.1) is 17.1 Å². The highest BCUT2D eigenvalue weighted by atomic mass is 16.4. The molecule has 4 atom stereocenters. The molecule has 3 aliphatic rings. The molecule has 1 aliphatic carbocycles. The zero-order valence-corrected chi connectivity index (χ0v) is 22.7. The molecule has 0 spiro atoms. The topological polar surface area (TPSA) is 99.5 Å². The second-order valence-corrected chi connectivity index (χ2v) is 11.7. The number of imidazole rings is 1. The minimum atomic E-state index is -1.14. The van der Waals surface area contributed by atoms with E-state index in [0.717, 1.165) is 55.6 Å². The van der Waals surface area contributed by atoms with Gasteiger partial charge < -0.3 is 20.3 Å². The van der Waals surface area contributed by atoms with Gasteiger partial charge in [0.1, 0.15) is 11.4 Å². The Morgan fingerprint density at radius 3 is 2.36 bits per heavy atom. The van der Waals surface area contributed by atoms with Gasteiger partial charge in [0.15, 0.2) is 0 Å². The van der Waals surface area contributed by atoms with Gasteiger partial charge in [-0.15, -0.1) is 0 Å². The fraction of sp³-hybridized carbons (Fsp3) is 0.516. The Kier molecular flexibility index (Phi) is 7.06. The Balaban J connectivity index is 1.16. The monoisotopic (exact) mass is 529 g/mol. The summed E-state index contributed by atoms with van der Waals surface area (Å²) in [7, 11) is 0. The van der Waals surface area contributed by atoms with Crippen molar-refractivity contribution in [3.63, 3.8) is 0 Å². The molecular formula is C31H39N5O3. The first-order valence-corrected chi connectivity index (χ1v) is 14.5. The van der Waals surface area contributed by atoms with Crippen molar-refractivity contribution < 1.29 is 14.7 Å². The molecule has 2 saturated heterocycles. The summed E-state index contributed by atoms with van der Waals surface area (Å²) in [5.41, 5.74) is 2.35. The summed E-state index contributed by atoms with van der Waals surface area (Å²) in [5, 5.41) is 15.3. The van der Waals surface area contributed by atoms with Crippen molar-refractivity contribution in [2.45, 2.75) is 94.4 Å². The molecule has 1 aromatic heterocycles. The van der Waals surface area contributed by atoms with Crippen molar-refractivity contribution in [3.05, 3.63) is 66.0 Å². The molecular weight excluding hydrogens is 490 g/mol. The summed E-state index contributed by atoms with van der Waals surface area (Å²) in [6.07, 6.45) is 7.12. The Hall–Kier alpha value is -3.39. The van der Waals surface area contributed by atoms with E-state index in [1.54, 1.807) is 0 Å². The summed E-state index contributed by atoms with van der Waals surface area (Å²) in [4.78, 5) is 32.6. The molecule has 206 valence electrons. The van der Waals surface area contributed by atoms with Gasteiger partial charge in [-0.25, -0.2) is 9.78 Å². The lowest BCUT2D eigenvalue weighted by atomic mass is 9.93. The van der Waals surface area contributed by atoms with Gasteiger partial charge in [0.25, 0.3) is 0 Å². The molecule has 2 aromatic carbocycles. The van der Waals surface area contributed by atoms with Gasteiger partial charge in [0, 0.05) is 24.7 Å². The van der Waals surface area contributed by atoms with Gasteiger partial charge in [-0.1, -0.05) is 55.3 Å². The number of nitrogens with zero attached hydrogens (tertiary/aromatic N) is 3. The summed E-state index contributed by atoms with van der Waals surface area (Å²) >= 11 is 0. The molecule has 3 heterocycles. The lowest BCUT2D eigenvalue weighted by Crippen LogP contribution is -2.57. The maximum Gasteiger partial charge on any atom is 0.405 e. The lowest BCUT2D eigenvalue weighted by Gasteiger charge is -2.40. The van der Waals surface area contributed by atoms with Crippen LogP contribution in [0.3, 0.4) is 0 Å². The number of aromatic nitrogens is 2. The average molecular weight is 530 g/mol. The number of amides is 2. The SMILES string of the molecule is Cc1nc2ccccc2n1[C@@H]1C[C@H]2CC[C@@H](C1)N2CC[C@H](NC(=O)C1(NC(=O)O)CCCC1)c1ccccc1. The largest absolute Gasteiger partial charge is 0.465 e. The highest BCUT2D eigenvalue weighted by molar-refractivity contribution is 5.90. The predicted molar refractivity (Wildman–Crippen MR) is 151 cm³/mol. The van der Waals surface area contributed by atoms with E-state index in [1.165, 1.54) is 18.4 Å². The van der Waals surface area contributed by atoms with Crippen molar-refractivity contribution in [1.82, 2.24) is 25.1 Å². The van der Waals surface area contributed by atoms with Gasteiger partial charge in [-0.2, -0.15) is 0 Å². The minimum absolute atomic E-state index is 0.163. The van der Waals surface area contributed by atoms with Crippen LogP contribution in [0.15, 0.2) is 54.6 Å². The van der Waals surface area contributed by atoms with Gasteiger partial charge in [-0.05, 0) is 69.6 Å². The van der Waals surface area contributed by atoms with Crippen LogP contribution in [0.5, 0.6) is 0 Å². The predicted octanol–water partition coefficient (Wildman–Crippen LogP) is 5.34. The van der Waals surface area contributed by atoms with Crippen LogP contribution in [-0.4, -0.2) is 55.7 Å². The maximum absolute atomic E-state index is 13.5. The molecule has 3 N–H and O–H groups in total. The van der Waals surface area contributed by atoms with Crippen LogP contribution in [0, 0.1) is 6.92 Å². The van der Waals surface area contributed by atoms with E-state index in [1.807, 2.05) is 18.2 Å². The van der Waals surface area contributed by atoms with Crippen molar-refractivity contribution >= 4 is 23.0 Å². The number of fused-ring (bicyclic) bond motifs is 3. The van der Waals surface area contributed by atoms with E-state index in [4.69, 9.17) is 4.98 Å². The highest BCUT2D eigenvalue weighted by Gasteiger charge is 2.44. The minimum Gasteiger partial charge on any atom is -0.465 e. The summed E-state index contributed by atoms with van der Waals surface area (Å²) in [5.74, 6) is 0.900. The van der Waals surface area contributed by atoms with Crippen molar-refractivity contribution in [2.24, 2.45) is 0 Å². The van der Waals surface area contributed by atoms with E-state index in [9.17, 15) is 14.7 Å². The smallest absolute Gasteiger partial charge is 0.405 e. The molecule has 3 fully saturated rings. The Bertz CT molecular complexity index is 1320. The average Bonchev–Trinajstić information content (AvgIpc) is 3.60. The summed E-state index contributed by atoms with van der Waals surface area (Å²) in [6, 6.07) is 19.9. The number of para-hydroxylation sites is 2. The second kappa shape index (κ2) is 10.6. The number of carbonyl (C=O) groups is 2. The number of aryl methyl sites for hydroxylation is 1. The van der Waals surface area contributed by atoms with E-state index >= 15 is 0 Å². The quantitative estimate of drug-likeness (QED) is 0.366. The molecule has 39 heavy (non-hydrogen) atoms.